The summed E-state index contributed by atoms with van der Waals surface area (Å²) in [5, 5.41) is 5.34. The van der Waals surface area contributed by atoms with Gasteiger partial charge in [0.1, 0.15) is 0 Å². The molecule has 1 atom stereocenters. The zero-order chi connectivity index (χ0) is 12.7. The number of imide groups is 1. The second kappa shape index (κ2) is 7.37. The van der Waals surface area contributed by atoms with E-state index in [1.807, 2.05) is 13.8 Å². The normalized spacial score (nSPS) is 20.8. The van der Waals surface area contributed by atoms with Crippen LogP contribution < -0.4 is 10.6 Å². The first-order chi connectivity index (χ1) is 8.17. The van der Waals surface area contributed by atoms with Crippen molar-refractivity contribution in [1.82, 2.24) is 10.6 Å². The first kappa shape index (κ1) is 14.1. The van der Waals surface area contributed by atoms with E-state index in [1.54, 1.807) is 0 Å². The summed E-state index contributed by atoms with van der Waals surface area (Å²) in [5.74, 6) is -0.479. The van der Waals surface area contributed by atoms with Crippen molar-refractivity contribution >= 4 is 11.8 Å². The predicted octanol–water partition coefficient (Wildman–Crippen LogP) is -0.220. The van der Waals surface area contributed by atoms with Crippen molar-refractivity contribution in [2.45, 2.75) is 39.0 Å². The molecule has 2 N–H and O–H groups in total. The minimum Gasteiger partial charge on any atom is -0.352 e. The maximum atomic E-state index is 11.5. The minimum atomic E-state index is -0.351. The zero-order valence-corrected chi connectivity index (χ0v) is 10.3. The lowest BCUT2D eigenvalue weighted by Crippen LogP contribution is -2.52. The lowest BCUT2D eigenvalue weighted by Gasteiger charge is -2.24. The van der Waals surface area contributed by atoms with Gasteiger partial charge in [0.2, 0.25) is 11.8 Å². The molecule has 0 aromatic heterocycles. The van der Waals surface area contributed by atoms with Crippen molar-refractivity contribution < 1.29 is 19.1 Å². The van der Waals surface area contributed by atoms with Gasteiger partial charge in [0.05, 0.1) is 6.04 Å². The number of rotatable bonds is 7. The third-order valence-electron chi connectivity index (χ3n) is 2.48. The molecule has 0 aliphatic carbocycles. The molecule has 1 saturated heterocycles. The van der Waals surface area contributed by atoms with Crippen LogP contribution in [-0.4, -0.2) is 43.9 Å². The second-order valence-corrected chi connectivity index (χ2v) is 3.75. The van der Waals surface area contributed by atoms with E-state index in [0.717, 1.165) is 0 Å². The molecule has 1 aliphatic rings. The van der Waals surface area contributed by atoms with Gasteiger partial charge >= 0.3 is 0 Å². The fourth-order valence-corrected chi connectivity index (χ4v) is 1.66. The molecule has 6 heteroatoms. The van der Waals surface area contributed by atoms with E-state index in [-0.39, 0.29) is 24.1 Å². The molecule has 1 aliphatic heterocycles. The maximum Gasteiger partial charge on any atom is 0.243 e. The molecule has 6 nitrogen and oxygen atoms in total. The van der Waals surface area contributed by atoms with Gasteiger partial charge in [0.25, 0.3) is 0 Å². The Kier molecular flexibility index (Phi) is 6.10. The number of hydrogen-bond acceptors (Lipinski definition) is 5. The standard InChI is InChI=1S/C11H20N2O4/c1-3-16-10(17-4-2)7-12-8-5-6-9(14)13-11(8)15/h8,10,12H,3-7H2,1-2H3,(H,13,14,15). The molecule has 1 heterocycles. The Morgan fingerprint density at radius 1 is 1.35 bits per heavy atom. The Morgan fingerprint density at radius 2 is 2.00 bits per heavy atom. The minimum absolute atomic E-state index is 0.209. The molecular formula is C11H20N2O4. The summed E-state index contributed by atoms with van der Waals surface area (Å²) in [6, 6.07) is -0.337. The average molecular weight is 244 g/mol. The Balaban J connectivity index is 2.32. The smallest absolute Gasteiger partial charge is 0.243 e. The van der Waals surface area contributed by atoms with Crippen molar-refractivity contribution in [3.05, 3.63) is 0 Å². The molecule has 1 unspecified atom stereocenters. The molecule has 98 valence electrons. The molecular weight excluding hydrogens is 224 g/mol. The van der Waals surface area contributed by atoms with E-state index in [0.29, 0.717) is 32.6 Å². The molecule has 0 saturated carbocycles. The molecule has 0 bridgehead atoms. The number of amides is 2. The highest BCUT2D eigenvalue weighted by Crippen LogP contribution is 2.04. The van der Waals surface area contributed by atoms with Gasteiger partial charge in [0.15, 0.2) is 6.29 Å². The van der Waals surface area contributed by atoms with Gasteiger partial charge in [-0.25, -0.2) is 0 Å². The highest BCUT2D eigenvalue weighted by molar-refractivity contribution is 6.00. The van der Waals surface area contributed by atoms with E-state index >= 15 is 0 Å². The van der Waals surface area contributed by atoms with Crippen LogP contribution in [-0.2, 0) is 19.1 Å². The van der Waals surface area contributed by atoms with Crippen molar-refractivity contribution in [2.75, 3.05) is 19.8 Å². The highest BCUT2D eigenvalue weighted by atomic mass is 16.7. The largest absolute Gasteiger partial charge is 0.352 e. The average Bonchev–Trinajstić information content (AvgIpc) is 2.28. The summed E-state index contributed by atoms with van der Waals surface area (Å²) < 4.78 is 10.7. The molecule has 2 amide bonds. The predicted molar refractivity (Wildman–Crippen MR) is 61.2 cm³/mol. The van der Waals surface area contributed by atoms with Gasteiger partial charge in [-0.2, -0.15) is 0 Å². The second-order valence-electron chi connectivity index (χ2n) is 3.75. The third kappa shape index (κ3) is 4.80. The SMILES string of the molecule is CCOC(CNC1CCC(=O)NC1=O)OCC. The van der Waals surface area contributed by atoms with E-state index in [2.05, 4.69) is 10.6 Å². The summed E-state index contributed by atoms with van der Waals surface area (Å²) in [6.45, 7) is 5.33. The number of hydrogen-bond donors (Lipinski definition) is 2. The van der Waals surface area contributed by atoms with Crippen LogP contribution in [0.25, 0.3) is 0 Å². The summed E-state index contributed by atoms with van der Waals surface area (Å²) >= 11 is 0. The molecule has 17 heavy (non-hydrogen) atoms. The van der Waals surface area contributed by atoms with Gasteiger partial charge < -0.3 is 14.8 Å². The molecule has 1 fully saturated rings. The van der Waals surface area contributed by atoms with Crippen molar-refractivity contribution in [1.29, 1.82) is 0 Å². The van der Waals surface area contributed by atoms with Crippen molar-refractivity contribution in [3.8, 4) is 0 Å². The summed E-state index contributed by atoms with van der Waals surface area (Å²) in [4.78, 5) is 22.4. The fourth-order valence-electron chi connectivity index (χ4n) is 1.66. The van der Waals surface area contributed by atoms with Gasteiger partial charge in [-0.15, -0.1) is 0 Å². The summed E-state index contributed by atoms with van der Waals surface area (Å²) in [7, 11) is 0. The Bertz CT molecular complexity index is 264. The van der Waals surface area contributed by atoms with Crippen LogP contribution in [0.4, 0.5) is 0 Å². The number of nitrogens with one attached hydrogen (secondary N) is 2. The first-order valence-corrected chi connectivity index (χ1v) is 5.97. The van der Waals surface area contributed by atoms with Crippen LogP contribution in [0, 0.1) is 0 Å². The van der Waals surface area contributed by atoms with E-state index in [1.165, 1.54) is 0 Å². The third-order valence-corrected chi connectivity index (χ3v) is 2.48. The number of ether oxygens (including phenoxy) is 2. The number of carbonyl (C=O) groups is 2. The molecule has 0 aromatic carbocycles. The summed E-state index contributed by atoms with van der Waals surface area (Å²) in [6.07, 6.45) is 0.544. The molecule has 0 radical (unpaired) electrons. The molecule has 0 spiro atoms. The summed E-state index contributed by atoms with van der Waals surface area (Å²) in [5.41, 5.74) is 0. The van der Waals surface area contributed by atoms with Gasteiger partial charge in [-0.3, -0.25) is 14.9 Å². The lowest BCUT2D eigenvalue weighted by molar-refractivity contribution is -0.140. The van der Waals surface area contributed by atoms with E-state index < -0.39 is 0 Å². The van der Waals surface area contributed by atoms with E-state index in [4.69, 9.17) is 9.47 Å². The molecule has 1 rings (SSSR count). The Morgan fingerprint density at radius 3 is 2.53 bits per heavy atom. The Labute approximate surface area is 101 Å². The monoisotopic (exact) mass is 244 g/mol. The van der Waals surface area contributed by atoms with Crippen LogP contribution in [0.1, 0.15) is 26.7 Å². The lowest BCUT2D eigenvalue weighted by atomic mass is 10.1. The fraction of sp³-hybridized carbons (Fsp3) is 0.818. The maximum absolute atomic E-state index is 11.5. The topological polar surface area (TPSA) is 76.7 Å². The quantitative estimate of drug-likeness (QED) is 0.478. The van der Waals surface area contributed by atoms with Crippen molar-refractivity contribution in [3.63, 3.8) is 0 Å². The van der Waals surface area contributed by atoms with Gasteiger partial charge in [-0.1, -0.05) is 0 Å². The molecule has 0 aromatic rings. The zero-order valence-electron chi connectivity index (χ0n) is 10.3. The van der Waals surface area contributed by atoms with Crippen LogP contribution in [0.3, 0.4) is 0 Å². The van der Waals surface area contributed by atoms with E-state index in [9.17, 15) is 9.59 Å². The van der Waals surface area contributed by atoms with Crippen LogP contribution in [0.2, 0.25) is 0 Å². The van der Waals surface area contributed by atoms with Crippen LogP contribution in [0.15, 0.2) is 0 Å². The van der Waals surface area contributed by atoms with Crippen LogP contribution in [0.5, 0.6) is 0 Å². The first-order valence-electron chi connectivity index (χ1n) is 5.97. The van der Waals surface area contributed by atoms with Crippen molar-refractivity contribution in [2.24, 2.45) is 0 Å². The van der Waals surface area contributed by atoms with Gasteiger partial charge in [-0.05, 0) is 20.3 Å². The van der Waals surface area contributed by atoms with Gasteiger partial charge in [0, 0.05) is 26.2 Å². The number of carbonyl (C=O) groups excluding carboxylic acids is 2. The highest BCUT2D eigenvalue weighted by Gasteiger charge is 2.26. The Hall–Kier alpha value is -0.980. The number of piperidine rings is 1. The van der Waals surface area contributed by atoms with Crippen LogP contribution >= 0.6 is 0 Å².